The van der Waals surface area contributed by atoms with Crippen LogP contribution in [0.25, 0.3) is 0 Å². The Morgan fingerprint density at radius 1 is 1.43 bits per heavy atom. The van der Waals surface area contributed by atoms with Crippen molar-refractivity contribution in [3.63, 3.8) is 0 Å². The number of hydrogen-bond donors (Lipinski definition) is 2. The first-order valence-corrected chi connectivity index (χ1v) is 8.66. The highest BCUT2D eigenvalue weighted by Crippen LogP contribution is 2.32. The fraction of sp³-hybridized carbons (Fsp3) is 0.500. The van der Waals surface area contributed by atoms with Crippen LogP contribution in [-0.4, -0.2) is 26.0 Å². The van der Waals surface area contributed by atoms with E-state index in [2.05, 4.69) is 4.72 Å². The predicted molar refractivity (Wildman–Crippen MR) is 79.8 cm³/mol. The van der Waals surface area contributed by atoms with Crippen molar-refractivity contribution < 1.29 is 18.3 Å². The smallest absolute Gasteiger partial charge is 0.306 e. The van der Waals surface area contributed by atoms with Gasteiger partial charge in [-0.15, -0.1) is 0 Å². The quantitative estimate of drug-likeness (QED) is 0.868. The summed E-state index contributed by atoms with van der Waals surface area (Å²) in [5, 5.41) is 9.28. The van der Waals surface area contributed by atoms with Crippen molar-refractivity contribution in [3.05, 3.63) is 28.8 Å². The van der Waals surface area contributed by atoms with Gasteiger partial charge in [-0.1, -0.05) is 24.1 Å². The number of halogens is 1. The van der Waals surface area contributed by atoms with Crippen LogP contribution >= 0.6 is 11.6 Å². The molecule has 0 saturated heterocycles. The van der Waals surface area contributed by atoms with Crippen LogP contribution in [0.4, 0.5) is 0 Å². The molecule has 0 aromatic heterocycles. The number of carboxylic acids is 1. The van der Waals surface area contributed by atoms with Gasteiger partial charge >= 0.3 is 5.97 Å². The number of hydrogen-bond acceptors (Lipinski definition) is 3. The predicted octanol–water partition coefficient (Wildman–Crippen LogP) is 2.43. The molecule has 5 nitrogen and oxygen atoms in total. The normalized spacial score (nSPS) is 22.4. The summed E-state index contributed by atoms with van der Waals surface area (Å²) in [5.41, 5.74) is 0.876. The van der Waals surface area contributed by atoms with E-state index < -0.39 is 21.9 Å². The van der Waals surface area contributed by atoms with Crippen molar-refractivity contribution in [1.29, 1.82) is 0 Å². The molecule has 2 rings (SSSR count). The average Bonchev–Trinajstić information content (AvgIpc) is 2.84. The molecule has 7 heteroatoms. The van der Waals surface area contributed by atoms with Gasteiger partial charge in [0.1, 0.15) is 4.90 Å². The van der Waals surface area contributed by atoms with Crippen LogP contribution in [0.5, 0.6) is 0 Å². The van der Waals surface area contributed by atoms with E-state index in [0.29, 0.717) is 6.42 Å². The van der Waals surface area contributed by atoms with Crippen molar-refractivity contribution in [2.75, 3.05) is 6.54 Å². The monoisotopic (exact) mass is 331 g/mol. The lowest BCUT2D eigenvalue weighted by Crippen LogP contribution is -2.33. The zero-order valence-corrected chi connectivity index (χ0v) is 13.2. The molecule has 1 fully saturated rings. The number of benzene rings is 1. The molecule has 0 spiro atoms. The van der Waals surface area contributed by atoms with Crippen molar-refractivity contribution in [1.82, 2.24) is 4.72 Å². The topological polar surface area (TPSA) is 83.5 Å². The zero-order chi connectivity index (χ0) is 15.6. The molecular weight excluding hydrogens is 314 g/mol. The molecular formula is C14H18ClNO4S. The summed E-state index contributed by atoms with van der Waals surface area (Å²) < 4.78 is 27.0. The maximum Gasteiger partial charge on any atom is 0.306 e. The summed E-state index contributed by atoms with van der Waals surface area (Å²) in [6.07, 6.45) is 2.14. The zero-order valence-electron chi connectivity index (χ0n) is 11.7. The lowest BCUT2D eigenvalue weighted by molar-refractivity contribution is -0.142. The molecule has 0 heterocycles. The van der Waals surface area contributed by atoms with E-state index in [-0.39, 0.29) is 22.4 Å². The second-order valence-corrected chi connectivity index (χ2v) is 7.56. The maximum atomic E-state index is 12.3. The number of aliphatic carboxylic acids is 1. The van der Waals surface area contributed by atoms with Crippen molar-refractivity contribution >= 4 is 27.6 Å². The Bertz CT molecular complexity index is 644. The lowest BCUT2D eigenvalue weighted by Gasteiger charge is -2.17. The largest absolute Gasteiger partial charge is 0.481 e. The van der Waals surface area contributed by atoms with Gasteiger partial charge in [0.2, 0.25) is 10.0 Å². The van der Waals surface area contributed by atoms with Gasteiger partial charge < -0.3 is 5.11 Å². The highest BCUT2D eigenvalue weighted by molar-refractivity contribution is 7.89. The van der Waals surface area contributed by atoms with E-state index in [9.17, 15) is 13.2 Å². The molecule has 0 bridgehead atoms. The summed E-state index contributed by atoms with van der Waals surface area (Å²) in [4.78, 5) is 11.1. The third kappa shape index (κ3) is 3.75. The number of nitrogens with one attached hydrogen (secondary N) is 1. The summed E-state index contributed by atoms with van der Waals surface area (Å²) in [6.45, 7) is 1.95. The first-order valence-electron chi connectivity index (χ1n) is 6.80. The van der Waals surface area contributed by atoms with Crippen molar-refractivity contribution in [2.24, 2.45) is 11.8 Å². The van der Waals surface area contributed by atoms with Gasteiger partial charge in [-0.2, -0.15) is 0 Å². The summed E-state index contributed by atoms with van der Waals surface area (Å²) in [7, 11) is -3.72. The molecule has 1 aromatic carbocycles. The number of rotatable bonds is 5. The summed E-state index contributed by atoms with van der Waals surface area (Å²) >= 11 is 5.98. The van der Waals surface area contributed by atoms with Crippen molar-refractivity contribution in [2.45, 2.75) is 31.1 Å². The average molecular weight is 332 g/mol. The van der Waals surface area contributed by atoms with Crippen LogP contribution in [-0.2, 0) is 14.8 Å². The molecule has 2 N–H and O–H groups in total. The Kier molecular flexibility index (Phi) is 4.91. The standard InChI is InChI=1S/C14H18ClNO4S/c1-9-5-6-13(12(15)7-9)21(19,20)16-8-10-3-2-4-11(10)14(17)18/h5-7,10-11,16H,2-4,8H2,1H3,(H,17,18). The molecule has 21 heavy (non-hydrogen) atoms. The molecule has 0 radical (unpaired) electrons. The van der Waals surface area contributed by atoms with Crippen LogP contribution < -0.4 is 4.72 Å². The van der Waals surface area contributed by atoms with E-state index in [1.807, 2.05) is 6.92 Å². The number of aryl methyl sites for hydroxylation is 1. The SMILES string of the molecule is Cc1ccc(S(=O)(=O)NCC2CCCC2C(=O)O)c(Cl)c1. The van der Waals surface area contributed by atoms with Gasteiger partial charge in [-0.05, 0) is 43.4 Å². The minimum Gasteiger partial charge on any atom is -0.481 e. The van der Waals surface area contributed by atoms with Gasteiger partial charge in [-0.3, -0.25) is 4.79 Å². The third-order valence-electron chi connectivity index (χ3n) is 3.89. The van der Waals surface area contributed by atoms with E-state index >= 15 is 0 Å². The molecule has 1 aromatic rings. The Morgan fingerprint density at radius 3 is 2.76 bits per heavy atom. The van der Waals surface area contributed by atoms with E-state index in [0.717, 1.165) is 18.4 Å². The van der Waals surface area contributed by atoms with Crippen molar-refractivity contribution in [3.8, 4) is 0 Å². The van der Waals surface area contributed by atoms with E-state index in [1.54, 1.807) is 12.1 Å². The summed E-state index contributed by atoms with van der Waals surface area (Å²) in [6, 6.07) is 4.73. The van der Waals surface area contributed by atoms with Crippen LogP contribution in [0.2, 0.25) is 5.02 Å². The molecule has 2 atom stereocenters. The minimum atomic E-state index is -3.72. The molecule has 1 saturated carbocycles. The maximum absolute atomic E-state index is 12.3. The highest BCUT2D eigenvalue weighted by Gasteiger charge is 2.33. The lowest BCUT2D eigenvalue weighted by atomic mass is 9.97. The third-order valence-corrected chi connectivity index (χ3v) is 5.80. The number of carboxylic acid groups (broad SMARTS) is 1. The van der Waals surface area contributed by atoms with Crippen LogP contribution in [0.3, 0.4) is 0 Å². The Hall–Kier alpha value is -1.11. The summed E-state index contributed by atoms with van der Waals surface area (Å²) in [5.74, 6) is -1.49. The van der Waals surface area contributed by atoms with E-state index in [1.165, 1.54) is 6.07 Å². The van der Waals surface area contributed by atoms with Crippen LogP contribution in [0, 0.1) is 18.8 Å². The molecule has 2 unspecified atom stereocenters. The van der Waals surface area contributed by atoms with Gasteiger partial charge in [-0.25, -0.2) is 13.1 Å². The van der Waals surface area contributed by atoms with Gasteiger partial charge in [0.05, 0.1) is 10.9 Å². The van der Waals surface area contributed by atoms with Gasteiger partial charge in [0.25, 0.3) is 0 Å². The Balaban J connectivity index is 2.09. The van der Waals surface area contributed by atoms with E-state index in [4.69, 9.17) is 16.7 Å². The molecule has 0 amide bonds. The second kappa shape index (κ2) is 6.34. The highest BCUT2D eigenvalue weighted by atomic mass is 35.5. The Labute approximate surface area is 129 Å². The van der Waals surface area contributed by atoms with Crippen LogP contribution in [0.15, 0.2) is 23.1 Å². The fourth-order valence-electron chi connectivity index (χ4n) is 2.72. The minimum absolute atomic E-state index is 0.0274. The Morgan fingerprint density at radius 2 is 2.14 bits per heavy atom. The molecule has 116 valence electrons. The van der Waals surface area contributed by atoms with Gasteiger partial charge in [0.15, 0.2) is 0 Å². The number of carbonyl (C=O) groups is 1. The fourth-order valence-corrected chi connectivity index (χ4v) is 4.42. The molecule has 0 aliphatic heterocycles. The first-order chi connectivity index (χ1) is 9.81. The van der Waals surface area contributed by atoms with Gasteiger partial charge in [0, 0.05) is 6.54 Å². The first kappa shape index (κ1) is 16.3. The second-order valence-electron chi connectivity index (χ2n) is 5.42. The molecule has 1 aliphatic carbocycles. The van der Waals surface area contributed by atoms with Crippen LogP contribution in [0.1, 0.15) is 24.8 Å². The number of sulfonamides is 1. The molecule has 1 aliphatic rings.